The van der Waals surface area contributed by atoms with Crippen LogP contribution in [0.25, 0.3) is 0 Å². The van der Waals surface area contributed by atoms with E-state index < -0.39 is 6.10 Å². The van der Waals surface area contributed by atoms with Crippen molar-refractivity contribution >= 4 is 17.8 Å². The number of ether oxygens (including phenoxy) is 2. The van der Waals surface area contributed by atoms with Crippen LogP contribution in [0.5, 0.6) is 11.5 Å². The van der Waals surface area contributed by atoms with Crippen LogP contribution < -0.4 is 19.8 Å². The van der Waals surface area contributed by atoms with Gasteiger partial charge in [0.2, 0.25) is 6.10 Å². The third-order valence-corrected chi connectivity index (χ3v) is 4.55. The van der Waals surface area contributed by atoms with Crippen LogP contribution in [0.3, 0.4) is 0 Å². The van der Waals surface area contributed by atoms with Crippen molar-refractivity contribution in [2.75, 3.05) is 31.2 Å². The molecule has 1 aliphatic rings. The highest BCUT2D eigenvalue weighted by Gasteiger charge is 2.26. The summed E-state index contributed by atoms with van der Waals surface area (Å²) in [4.78, 5) is 14.4. The monoisotopic (exact) mass is 383 g/mol. The fourth-order valence-corrected chi connectivity index (χ4v) is 2.98. The lowest BCUT2D eigenvalue weighted by atomic mass is 10.1. The number of amides is 1. The van der Waals surface area contributed by atoms with Gasteiger partial charge < -0.3 is 19.5 Å². The van der Waals surface area contributed by atoms with Crippen LogP contribution in [0.15, 0.2) is 47.6 Å². The quantitative estimate of drug-likeness (QED) is 0.565. The summed E-state index contributed by atoms with van der Waals surface area (Å²) in [7, 11) is 0. The summed E-state index contributed by atoms with van der Waals surface area (Å²) < 4.78 is 11.2. The number of nitrogens with one attached hydrogen (secondary N) is 1. The molecule has 0 unspecified atom stereocenters. The third kappa shape index (κ3) is 4.61. The second-order valence-electron chi connectivity index (χ2n) is 6.44. The zero-order valence-electron chi connectivity index (χ0n) is 16.1. The SMILES string of the molecule is CCN(CCO)c1ccc(/C=N\NC(=O)[C@@H]2COc3ccccc3O2)c(C)c1. The number of likely N-dealkylation sites (N-methyl/N-ethyl adjacent to an activating group) is 1. The minimum absolute atomic E-state index is 0.111. The summed E-state index contributed by atoms with van der Waals surface area (Å²) in [6.07, 6.45) is 0.865. The van der Waals surface area contributed by atoms with E-state index in [-0.39, 0.29) is 19.1 Å². The van der Waals surface area contributed by atoms with Crippen LogP contribution in [0.1, 0.15) is 18.1 Å². The lowest BCUT2D eigenvalue weighted by Gasteiger charge is -2.24. The molecule has 0 aromatic heterocycles. The van der Waals surface area contributed by atoms with Crippen molar-refractivity contribution in [3.8, 4) is 11.5 Å². The number of hydrazone groups is 1. The fourth-order valence-electron chi connectivity index (χ4n) is 2.98. The zero-order chi connectivity index (χ0) is 19.9. The highest BCUT2D eigenvalue weighted by atomic mass is 16.6. The maximum atomic E-state index is 12.3. The van der Waals surface area contributed by atoms with Crippen molar-refractivity contribution in [2.45, 2.75) is 20.0 Å². The van der Waals surface area contributed by atoms with Crippen LogP contribution in [0.4, 0.5) is 5.69 Å². The molecule has 0 radical (unpaired) electrons. The van der Waals surface area contributed by atoms with E-state index in [1.54, 1.807) is 18.3 Å². The molecule has 7 nitrogen and oxygen atoms in total. The Morgan fingerprint density at radius 2 is 2.11 bits per heavy atom. The number of carbonyl (C=O) groups excluding carboxylic acids is 1. The van der Waals surface area contributed by atoms with Crippen LogP contribution >= 0.6 is 0 Å². The number of benzene rings is 2. The van der Waals surface area contributed by atoms with Crippen LogP contribution in [0, 0.1) is 6.92 Å². The Morgan fingerprint density at radius 1 is 1.32 bits per heavy atom. The summed E-state index contributed by atoms with van der Waals surface area (Å²) in [6, 6.07) is 13.2. The second kappa shape index (κ2) is 9.23. The van der Waals surface area contributed by atoms with E-state index in [1.165, 1.54) is 0 Å². The van der Waals surface area contributed by atoms with Gasteiger partial charge in [-0.15, -0.1) is 0 Å². The number of anilines is 1. The average Bonchev–Trinajstić information content (AvgIpc) is 2.72. The number of aryl methyl sites for hydroxylation is 1. The van der Waals surface area contributed by atoms with Gasteiger partial charge in [-0.25, -0.2) is 5.43 Å². The summed E-state index contributed by atoms with van der Waals surface area (Å²) in [5, 5.41) is 13.2. The number of rotatable bonds is 7. The highest BCUT2D eigenvalue weighted by molar-refractivity contribution is 5.86. The number of para-hydroxylation sites is 2. The summed E-state index contributed by atoms with van der Waals surface area (Å²) in [5.74, 6) is 0.820. The first kappa shape index (κ1) is 19.7. The normalized spacial score (nSPS) is 15.5. The Morgan fingerprint density at radius 3 is 2.82 bits per heavy atom. The summed E-state index contributed by atoms with van der Waals surface area (Å²) in [6.45, 7) is 5.69. The largest absolute Gasteiger partial charge is 0.485 e. The van der Waals surface area contributed by atoms with Crippen molar-refractivity contribution in [3.05, 3.63) is 53.6 Å². The fraction of sp³-hybridized carbons (Fsp3) is 0.333. The van der Waals surface area contributed by atoms with Crippen molar-refractivity contribution in [3.63, 3.8) is 0 Å². The van der Waals surface area contributed by atoms with Crippen molar-refractivity contribution < 1.29 is 19.4 Å². The van der Waals surface area contributed by atoms with Gasteiger partial charge in [0.15, 0.2) is 11.5 Å². The Bertz CT molecular complexity index is 853. The number of fused-ring (bicyclic) bond motifs is 1. The molecule has 0 fully saturated rings. The number of aliphatic hydroxyl groups is 1. The van der Waals surface area contributed by atoms with Crippen molar-refractivity contribution in [2.24, 2.45) is 5.10 Å². The maximum Gasteiger partial charge on any atom is 0.284 e. The van der Waals surface area contributed by atoms with E-state index in [0.717, 1.165) is 23.4 Å². The van der Waals surface area contributed by atoms with Gasteiger partial charge in [0, 0.05) is 18.8 Å². The van der Waals surface area contributed by atoms with Gasteiger partial charge in [0.05, 0.1) is 12.8 Å². The molecular weight excluding hydrogens is 358 g/mol. The van der Waals surface area contributed by atoms with E-state index in [0.29, 0.717) is 18.0 Å². The van der Waals surface area contributed by atoms with Crippen LogP contribution in [-0.4, -0.2) is 49.6 Å². The number of carbonyl (C=O) groups is 1. The zero-order valence-corrected chi connectivity index (χ0v) is 16.1. The minimum Gasteiger partial charge on any atom is -0.485 e. The van der Waals surface area contributed by atoms with Gasteiger partial charge in [-0.2, -0.15) is 5.10 Å². The van der Waals surface area contributed by atoms with Gasteiger partial charge in [-0.05, 0) is 49.2 Å². The molecule has 1 aliphatic heterocycles. The molecule has 0 saturated heterocycles. The molecule has 7 heteroatoms. The molecule has 2 aromatic rings. The molecule has 3 rings (SSSR count). The van der Waals surface area contributed by atoms with E-state index in [9.17, 15) is 4.79 Å². The number of hydrogen-bond donors (Lipinski definition) is 2. The highest BCUT2D eigenvalue weighted by Crippen LogP contribution is 2.30. The second-order valence-corrected chi connectivity index (χ2v) is 6.44. The van der Waals surface area contributed by atoms with Crippen molar-refractivity contribution in [1.82, 2.24) is 5.43 Å². The first-order valence-electron chi connectivity index (χ1n) is 9.30. The minimum atomic E-state index is -0.743. The lowest BCUT2D eigenvalue weighted by Crippen LogP contribution is -2.42. The molecule has 1 heterocycles. The van der Waals surface area contributed by atoms with Crippen molar-refractivity contribution in [1.29, 1.82) is 0 Å². The van der Waals surface area contributed by atoms with Crippen LogP contribution in [0.2, 0.25) is 0 Å². The molecule has 28 heavy (non-hydrogen) atoms. The first-order valence-corrected chi connectivity index (χ1v) is 9.30. The Kier molecular flexibility index (Phi) is 6.49. The summed E-state index contributed by atoms with van der Waals surface area (Å²) in [5.41, 5.74) is 5.48. The predicted octanol–water partition coefficient (Wildman–Crippen LogP) is 2.10. The molecule has 1 amide bonds. The molecule has 148 valence electrons. The third-order valence-electron chi connectivity index (χ3n) is 4.55. The first-order chi connectivity index (χ1) is 13.6. The molecule has 1 atom stereocenters. The Balaban J connectivity index is 1.59. The number of nitrogens with zero attached hydrogens (tertiary/aromatic N) is 2. The molecule has 0 saturated carbocycles. The van der Waals surface area contributed by atoms with E-state index in [2.05, 4.69) is 15.4 Å². The predicted molar refractivity (Wildman–Crippen MR) is 108 cm³/mol. The molecule has 2 N–H and O–H groups in total. The van der Waals surface area contributed by atoms with Gasteiger partial charge in [0.1, 0.15) is 6.61 Å². The van der Waals surface area contributed by atoms with Crippen LogP contribution in [-0.2, 0) is 4.79 Å². The van der Waals surface area contributed by atoms with Gasteiger partial charge in [0.25, 0.3) is 5.91 Å². The number of aliphatic hydroxyl groups excluding tert-OH is 1. The molecular formula is C21H25N3O4. The number of hydrogen-bond acceptors (Lipinski definition) is 6. The van der Waals surface area contributed by atoms with Gasteiger partial charge in [-0.1, -0.05) is 18.2 Å². The average molecular weight is 383 g/mol. The smallest absolute Gasteiger partial charge is 0.284 e. The topological polar surface area (TPSA) is 83.4 Å². The van der Waals surface area contributed by atoms with E-state index in [4.69, 9.17) is 14.6 Å². The molecule has 2 aromatic carbocycles. The van der Waals surface area contributed by atoms with E-state index >= 15 is 0 Å². The van der Waals surface area contributed by atoms with Gasteiger partial charge >= 0.3 is 0 Å². The maximum absolute atomic E-state index is 12.3. The molecule has 0 spiro atoms. The lowest BCUT2D eigenvalue weighted by molar-refractivity contribution is -0.130. The Hall–Kier alpha value is -3.06. The Labute approximate surface area is 164 Å². The van der Waals surface area contributed by atoms with E-state index in [1.807, 2.05) is 44.2 Å². The molecule has 0 bridgehead atoms. The standard InChI is InChI=1S/C21H25N3O4/c1-3-24(10-11-25)17-9-8-16(15(2)12-17)13-22-23-21(26)20-14-27-18-6-4-5-7-19(18)28-20/h4-9,12-13,20,25H,3,10-11,14H2,1-2H3,(H,23,26)/b22-13-/t20-/m0/s1. The van der Waals surface area contributed by atoms with Gasteiger partial charge in [-0.3, -0.25) is 4.79 Å². The molecule has 0 aliphatic carbocycles. The summed E-state index contributed by atoms with van der Waals surface area (Å²) >= 11 is 0.